The van der Waals surface area contributed by atoms with E-state index in [9.17, 15) is 9.59 Å². The van der Waals surface area contributed by atoms with Gasteiger partial charge in [-0.3, -0.25) is 9.59 Å². The summed E-state index contributed by atoms with van der Waals surface area (Å²) in [6, 6.07) is 3.60. The lowest BCUT2D eigenvalue weighted by atomic mass is 9.84. The highest BCUT2D eigenvalue weighted by molar-refractivity contribution is 5.97. The Kier molecular flexibility index (Phi) is 5.27. The van der Waals surface area contributed by atoms with Crippen LogP contribution < -0.4 is 14.8 Å². The van der Waals surface area contributed by atoms with E-state index >= 15 is 0 Å². The van der Waals surface area contributed by atoms with E-state index < -0.39 is 0 Å². The fourth-order valence-electron chi connectivity index (χ4n) is 3.95. The maximum absolute atomic E-state index is 12.6. The second-order valence-corrected chi connectivity index (χ2v) is 6.91. The molecule has 25 heavy (non-hydrogen) atoms. The lowest BCUT2D eigenvalue weighted by Gasteiger charge is -2.45. The largest absolute Gasteiger partial charge is 0.493 e. The van der Waals surface area contributed by atoms with Crippen LogP contribution in [0.4, 0.5) is 0 Å². The molecule has 0 saturated carbocycles. The van der Waals surface area contributed by atoms with Crippen LogP contribution in [0.1, 0.15) is 35.7 Å². The van der Waals surface area contributed by atoms with Gasteiger partial charge in [-0.15, -0.1) is 0 Å². The number of hydrogen-bond donors (Lipinski definition) is 1. The van der Waals surface area contributed by atoms with Crippen molar-refractivity contribution in [3.8, 4) is 11.5 Å². The van der Waals surface area contributed by atoms with Gasteiger partial charge in [-0.05, 0) is 56.5 Å². The van der Waals surface area contributed by atoms with Gasteiger partial charge in [-0.2, -0.15) is 0 Å². The number of carbonyl (C=O) groups excluding carboxylic acids is 2. The smallest absolute Gasteiger partial charge is 0.224 e. The van der Waals surface area contributed by atoms with Gasteiger partial charge >= 0.3 is 0 Å². The second-order valence-electron chi connectivity index (χ2n) is 6.91. The maximum atomic E-state index is 12.6. The monoisotopic (exact) mass is 346 g/mol. The Bertz CT molecular complexity index is 666. The van der Waals surface area contributed by atoms with Gasteiger partial charge in [0.2, 0.25) is 5.91 Å². The van der Waals surface area contributed by atoms with Gasteiger partial charge in [0.05, 0.1) is 20.6 Å². The molecule has 3 saturated heterocycles. The van der Waals surface area contributed by atoms with Gasteiger partial charge in [0.1, 0.15) is 0 Å². The molecule has 0 aromatic heterocycles. The number of Topliss-reactive ketones (excluding diaryl/α,β-unsaturated/α-hetero) is 1. The topological polar surface area (TPSA) is 67.9 Å². The predicted octanol–water partition coefficient (Wildman–Crippen LogP) is 1.66. The second kappa shape index (κ2) is 7.44. The minimum atomic E-state index is -0.0911. The lowest BCUT2D eigenvalue weighted by Crippen LogP contribution is -2.57. The number of amides is 1. The molecule has 0 radical (unpaired) electrons. The Labute approximate surface area is 148 Å². The first-order valence-corrected chi connectivity index (χ1v) is 8.79. The highest BCUT2D eigenvalue weighted by Crippen LogP contribution is 2.31. The number of piperidine rings is 3. The quantitative estimate of drug-likeness (QED) is 0.794. The van der Waals surface area contributed by atoms with Crippen LogP contribution in [0.15, 0.2) is 12.1 Å². The normalized spacial score (nSPS) is 24.7. The van der Waals surface area contributed by atoms with E-state index in [0.29, 0.717) is 28.5 Å². The average Bonchev–Trinajstić information content (AvgIpc) is 2.62. The Balaban J connectivity index is 1.74. The molecule has 3 aliphatic rings. The summed E-state index contributed by atoms with van der Waals surface area (Å²) in [5, 5.41) is 3.17. The van der Waals surface area contributed by atoms with Gasteiger partial charge in [0.15, 0.2) is 17.3 Å². The molecule has 1 N–H and O–H groups in total. The Hall–Kier alpha value is -2.08. The number of carbonyl (C=O) groups is 2. The van der Waals surface area contributed by atoms with E-state index in [1.54, 1.807) is 19.2 Å². The zero-order valence-electron chi connectivity index (χ0n) is 15.1. The van der Waals surface area contributed by atoms with Crippen molar-refractivity contribution in [2.75, 3.05) is 33.9 Å². The number of fused-ring (bicyclic) bond motifs is 3. The van der Waals surface area contributed by atoms with E-state index in [1.807, 2.05) is 0 Å². The van der Waals surface area contributed by atoms with Crippen LogP contribution in [0.3, 0.4) is 0 Å². The van der Waals surface area contributed by atoms with Crippen LogP contribution in [0, 0.1) is 5.92 Å². The summed E-state index contributed by atoms with van der Waals surface area (Å²) >= 11 is 0. The minimum absolute atomic E-state index is 0.0477. The van der Waals surface area contributed by atoms with Crippen molar-refractivity contribution >= 4 is 11.7 Å². The first-order chi connectivity index (χ1) is 12.0. The van der Waals surface area contributed by atoms with Gasteiger partial charge in [-0.1, -0.05) is 0 Å². The van der Waals surface area contributed by atoms with Crippen LogP contribution in [-0.4, -0.2) is 56.5 Å². The molecular weight excluding hydrogens is 320 g/mol. The SMILES string of the molecule is COc1cc(CC(=O)N[C@@H]2CN3CCC2CC3)c(C(C)=O)cc1OC. The molecule has 1 aromatic carbocycles. The lowest BCUT2D eigenvalue weighted by molar-refractivity contribution is -0.122. The van der Waals surface area contributed by atoms with Crippen molar-refractivity contribution in [3.05, 3.63) is 23.3 Å². The summed E-state index contributed by atoms with van der Waals surface area (Å²) in [7, 11) is 3.07. The third-order valence-electron chi connectivity index (χ3n) is 5.34. The van der Waals surface area contributed by atoms with Crippen molar-refractivity contribution in [2.24, 2.45) is 5.92 Å². The van der Waals surface area contributed by atoms with Crippen molar-refractivity contribution in [2.45, 2.75) is 32.2 Å². The van der Waals surface area contributed by atoms with Gasteiger partial charge in [0, 0.05) is 18.2 Å². The molecule has 6 nitrogen and oxygen atoms in total. The third-order valence-corrected chi connectivity index (χ3v) is 5.34. The number of rotatable bonds is 6. The van der Waals surface area contributed by atoms with Crippen molar-refractivity contribution in [1.29, 1.82) is 0 Å². The summed E-state index contributed by atoms with van der Waals surface area (Å²) in [5.74, 6) is 1.46. The molecule has 1 aromatic rings. The zero-order valence-corrected chi connectivity index (χ0v) is 15.1. The maximum Gasteiger partial charge on any atom is 0.224 e. The molecule has 0 unspecified atom stereocenters. The average molecular weight is 346 g/mol. The molecule has 1 atom stereocenters. The fraction of sp³-hybridized carbons (Fsp3) is 0.579. The van der Waals surface area contributed by atoms with E-state index in [-0.39, 0.29) is 24.2 Å². The first-order valence-electron chi connectivity index (χ1n) is 8.79. The molecule has 0 aliphatic carbocycles. The molecule has 1 amide bonds. The van der Waals surface area contributed by atoms with Gasteiger partial charge < -0.3 is 19.7 Å². The number of ketones is 1. The molecule has 4 rings (SSSR count). The van der Waals surface area contributed by atoms with Gasteiger partial charge in [-0.25, -0.2) is 0 Å². The minimum Gasteiger partial charge on any atom is -0.493 e. The van der Waals surface area contributed by atoms with Crippen LogP contribution in [0.5, 0.6) is 11.5 Å². The molecule has 3 aliphatic heterocycles. The number of nitrogens with one attached hydrogen (secondary N) is 1. The number of ether oxygens (including phenoxy) is 2. The van der Waals surface area contributed by atoms with Crippen molar-refractivity contribution in [1.82, 2.24) is 10.2 Å². The molecule has 3 heterocycles. The first kappa shape index (κ1) is 17.7. The Morgan fingerprint density at radius 2 is 1.80 bits per heavy atom. The summed E-state index contributed by atoms with van der Waals surface area (Å²) in [6.45, 7) is 4.71. The summed E-state index contributed by atoms with van der Waals surface area (Å²) in [4.78, 5) is 27.0. The molecule has 0 spiro atoms. The molecule has 3 fully saturated rings. The van der Waals surface area contributed by atoms with E-state index in [4.69, 9.17) is 9.47 Å². The molecule has 2 bridgehead atoms. The Morgan fingerprint density at radius 1 is 1.16 bits per heavy atom. The number of nitrogens with zero attached hydrogens (tertiary/aromatic N) is 1. The van der Waals surface area contributed by atoms with Crippen LogP contribution in [0.25, 0.3) is 0 Å². The van der Waals surface area contributed by atoms with E-state index in [0.717, 1.165) is 32.5 Å². The molecular formula is C19H26N2O4. The zero-order chi connectivity index (χ0) is 18.0. The number of hydrogen-bond acceptors (Lipinski definition) is 5. The van der Waals surface area contributed by atoms with Crippen LogP contribution >= 0.6 is 0 Å². The standard InChI is InChI=1S/C19H26N2O4/c1-12(22)15-10-18(25-3)17(24-2)8-14(15)9-19(23)20-16-11-21-6-4-13(16)5-7-21/h8,10,13,16H,4-7,9,11H2,1-3H3,(H,20,23)/t16-/m1/s1. The van der Waals surface area contributed by atoms with Crippen LogP contribution in [0.2, 0.25) is 0 Å². The molecule has 136 valence electrons. The fourth-order valence-corrected chi connectivity index (χ4v) is 3.95. The summed E-state index contributed by atoms with van der Waals surface area (Å²) in [5.41, 5.74) is 1.17. The van der Waals surface area contributed by atoms with E-state index in [2.05, 4.69) is 10.2 Å². The van der Waals surface area contributed by atoms with Gasteiger partial charge in [0.25, 0.3) is 0 Å². The van der Waals surface area contributed by atoms with Crippen molar-refractivity contribution in [3.63, 3.8) is 0 Å². The summed E-state index contributed by atoms with van der Waals surface area (Å²) < 4.78 is 10.6. The highest BCUT2D eigenvalue weighted by Gasteiger charge is 2.34. The van der Waals surface area contributed by atoms with E-state index in [1.165, 1.54) is 14.0 Å². The Morgan fingerprint density at radius 3 is 2.32 bits per heavy atom. The third kappa shape index (κ3) is 3.79. The number of benzene rings is 1. The summed E-state index contributed by atoms with van der Waals surface area (Å²) in [6.07, 6.45) is 2.47. The number of methoxy groups -OCH3 is 2. The van der Waals surface area contributed by atoms with Crippen molar-refractivity contribution < 1.29 is 19.1 Å². The predicted molar refractivity (Wildman–Crippen MR) is 94.3 cm³/mol. The highest BCUT2D eigenvalue weighted by atomic mass is 16.5. The molecule has 6 heteroatoms. The van der Waals surface area contributed by atoms with Crippen LogP contribution in [-0.2, 0) is 11.2 Å².